The molecule has 2 nitrogen and oxygen atoms in total. The highest BCUT2D eigenvalue weighted by Gasteiger charge is 2.21. The first-order valence-corrected chi connectivity index (χ1v) is 6.01. The lowest BCUT2D eigenvalue weighted by molar-refractivity contribution is 0.147. The Morgan fingerprint density at radius 1 is 0.947 bits per heavy atom. The van der Waals surface area contributed by atoms with Crippen molar-refractivity contribution >= 4 is 0 Å². The third-order valence-electron chi connectivity index (χ3n) is 3.12. The van der Waals surface area contributed by atoms with Crippen LogP contribution in [0.3, 0.4) is 0 Å². The van der Waals surface area contributed by atoms with Crippen molar-refractivity contribution in [1.82, 2.24) is 0 Å². The van der Waals surface area contributed by atoms with Gasteiger partial charge in [0.25, 0.3) is 0 Å². The topological polar surface area (TPSA) is 46.2 Å². The normalized spacial score (nSPS) is 14.1. The van der Waals surface area contributed by atoms with Gasteiger partial charge < -0.3 is 10.8 Å². The standard InChI is InChI=1S/C15H15F2NO/c16-12-6-4-10(5-7-12)14(9-18)15(19)11-2-1-3-13(17)8-11/h1-8,14-15,19H,9,18H2. The molecule has 0 heterocycles. The molecule has 2 aromatic carbocycles. The van der Waals surface area contributed by atoms with Gasteiger partial charge in [0.15, 0.2) is 0 Å². The monoisotopic (exact) mass is 263 g/mol. The fourth-order valence-corrected chi connectivity index (χ4v) is 2.08. The number of aliphatic hydroxyl groups excluding tert-OH is 1. The summed E-state index contributed by atoms with van der Waals surface area (Å²) in [6.07, 6.45) is -0.925. The van der Waals surface area contributed by atoms with E-state index in [-0.39, 0.29) is 12.4 Å². The molecule has 2 atom stereocenters. The van der Waals surface area contributed by atoms with E-state index in [2.05, 4.69) is 0 Å². The van der Waals surface area contributed by atoms with Crippen LogP contribution in [0.5, 0.6) is 0 Å². The maximum atomic E-state index is 13.2. The Morgan fingerprint density at radius 2 is 1.63 bits per heavy atom. The van der Waals surface area contributed by atoms with Crippen LogP contribution in [-0.2, 0) is 0 Å². The SMILES string of the molecule is NCC(c1ccc(F)cc1)C(O)c1cccc(F)c1. The van der Waals surface area contributed by atoms with Gasteiger partial charge in [0.1, 0.15) is 11.6 Å². The number of rotatable bonds is 4. The molecule has 0 aromatic heterocycles. The van der Waals surface area contributed by atoms with Crippen molar-refractivity contribution in [3.8, 4) is 0 Å². The molecule has 100 valence electrons. The fourth-order valence-electron chi connectivity index (χ4n) is 2.08. The fraction of sp³-hybridized carbons (Fsp3) is 0.200. The summed E-state index contributed by atoms with van der Waals surface area (Å²) in [7, 11) is 0. The van der Waals surface area contributed by atoms with E-state index in [1.165, 1.54) is 30.3 Å². The predicted octanol–water partition coefficient (Wildman–Crippen LogP) is 2.74. The summed E-state index contributed by atoms with van der Waals surface area (Å²) in [5.41, 5.74) is 6.85. The summed E-state index contributed by atoms with van der Waals surface area (Å²) in [4.78, 5) is 0. The lowest BCUT2D eigenvalue weighted by Gasteiger charge is -2.22. The Morgan fingerprint density at radius 3 is 2.21 bits per heavy atom. The van der Waals surface area contributed by atoms with E-state index in [1.807, 2.05) is 0 Å². The molecule has 4 heteroatoms. The van der Waals surface area contributed by atoms with Gasteiger partial charge in [-0.2, -0.15) is 0 Å². The summed E-state index contributed by atoms with van der Waals surface area (Å²) >= 11 is 0. The third-order valence-corrected chi connectivity index (χ3v) is 3.12. The molecule has 0 aliphatic carbocycles. The van der Waals surface area contributed by atoms with Crippen LogP contribution in [0.15, 0.2) is 48.5 Å². The van der Waals surface area contributed by atoms with Gasteiger partial charge >= 0.3 is 0 Å². The Labute approximate surface area is 110 Å². The predicted molar refractivity (Wildman–Crippen MR) is 69.6 cm³/mol. The average Bonchev–Trinajstić information content (AvgIpc) is 2.41. The van der Waals surface area contributed by atoms with Crippen LogP contribution in [0.1, 0.15) is 23.1 Å². The molecular weight excluding hydrogens is 248 g/mol. The van der Waals surface area contributed by atoms with E-state index in [9.17, 15) is 13.9 Å². The van der Waals surface area contributed by atoms with Gasteiger partial charge in [-0.25, -0.2) is 8.78 Å². The summed E-state index contributed by atoms with van der Waals surface area (Å²) in [6.45, 7) is 0.184. The first kappa shape index (κ1) is 13.6. The highest BCUT2D eigenvalue weighted by molar-refractivity contribution is 5.27. The van der Waals surface area contributed by atoms with Crippen molar-refractivity contribution in [2.45, 2.75) is 12.0 Å². The largest absolute Gasteiger partial charge is 0.388 e. The number of nitrogens with two attached hydrogens (primary N) is 1. The van der Waals surface area contributed by atoms with E-state index in [0.717, 1.165) is 5.56 Å². The summed E-state index contributed by atoms with van der Waals surface area (Å²) in [5, 5.41) is 10.3. The maximum absolute atomic E-state index is 13.2. The zero-order valence-electron chi connectivity index (χ0n) is 10.3. The minimum absolute atomic E-state index is 0.184. The van der Waals surface area contributed by atoms with Crippen molar-refractivity contribution in [3.05, 3.63) is 71.3 Å². The second-order valence-corrected chi connectivity index (χ2v) is 4.39. The van der Waals surface area contributed by atoms with Gasteiger partial charge in [0.05, 0.1) is 6.10 Å². The molecule has 19 heavy (non-hydrogen) atoms. The lowest BCUT2D eigenvalue weighted by Crippen LogP contribution is -2.20. The minimum Gasteiger partial charge on any atom is -0.388 e. The van der Waals surface area contributed by atoms with Gasteiger partial charge in [-0.3, -0.25) is 0 Å². The van der Waals surface area contributed by atoms with Crippen LogP contribution in [-0.4, -0.2) is 11.7 Å². The van der Waals surface area contributed by atoms with Crippen molar-refractivity contribution in [3.63, 3.8) is 0 Å². The zero-order chi connectivity index (χ0) is 13.8. The smallest absolute Gasteiger partial charge is 0.123 e. The molecule has 0 radical (unpaired) electrons. The van der Waals surface area contributed by atoms with Crippen molar-refractivity contribution in [1.29, 1.82) is 0 Å². The van der Waals surface area contributed by atoms with E-state index in [0.29, 0.717) is 5.56 Å². The third kappa shape index (κ3) is 3.16. The molecule has 0 fully saturated rings. The first-order chi connectivity index (χ1) is 9.11. The van der Waals surface area contributed by atoms with Crippen LogP contribution in [0, 0.1) is 11.6 Å². The van der Waals surface area contributed by atoms with Gasteiger partial charge in [0, 0.05) is 12.5 Å². The van der Waals surface area contributed by atoms with Gasteiger partial charge in [0.2, 0.25) is 0 Å². The molecule has 3 N–H and O–H groups in total. The highest BCUT2D eigenvalue weighted by atomic mass is 19.1. The van der Waals surface area contributed by atoms with Crippen LogP contribution >= 0.6 is 0 Å². The number of aliphatic hydroxyl groups is 1. The molecule has 0 bridgehead atoms. The molecule has 0 saturated heterocycles. The molecule has 2 rings (SSSR count). The molecule has 2 aromatic rings. The Balaban J connectivity index is 2.28. The number of benzene rings is 2. The van der Waals surface area contributed by atoms with Crippen LogP contribution in [0.25, 0.3) is 0 Å². The van der Waals surface area contributed by atoms with Crippen LogP contribution < -0.4 is 5.73 Å². The average molecular weight is 263 g/mol. The minimum atomic E-state index is -0.925. The van der Waals surface area contributed by atoms with E-state index < -0.39 is 17.8 Å². The number of halogens is 2. The van der Waals surface area contributed by atoms with E-state index in [1.54, 1.807) is 18.2 Å². The first-order valence-electron chi connectivity index (χ1n) is 6.01. The number of hydrogen-bond acceptors (Lipinski definition) is 2. The maximum Gasteiger partial charge on any atom is 0.123 e. The van der Waals surface area contributed by atoms with Gasteiger partial charge in [-0.1, -0.05) is 24.3 Å². The van der Waals surface area contributed by atoms with Gasteiger partial charge in [-0.05, 0) is 35.4 Å². The second kappa shape index (κ2) is 5.91. The summed E-state index contributed by atoms with van der Waals surface area (Å²) in [6, 6.07) is 11.5. The molecule has 0 aliphatic rings. The Kier molecular flexibility index (Phi) is 4.24. The van der Waals surface area contributed by atoms with E-state index in [4.69, 9.17) is 5.73 Å². The summed E-state index contributed by atoms with van der Waals surface area (Å²) in [5.74, 6) is -1.16. The van der Waals surface area contributed by atoms with E-state index >= 15 is 0 Å². The summed E-state index contributed by atoms with van der Waals surface area (Å²) < 4.78 is 26.0. The Bertz CT molecular complexity index is 542. The van der Waals surface area contributed by atoms with Crippen LogP contribution in [0.2, 0.25) is 0 Å². The molecule has 2 unspecified atom stereocenters. The molecule has 0 spiro atoms. The number of hydrogen-bond donors (Lipinski definition) is 2. The molecule has 0 aliphatic heterocycles. The second-order valence-electron chi connectivity index (χ2n) is 4.39. The molecule has 0 saturated carbocycles. The van der Waals surface area contributed by atoms with Crippen molar-refractivity contribution in [2.24, 2.45) is 5.73 Å². The van der Waals surface area contributed by atoms with Crippen molar-refractivity contribution in [2.75, 3.05) is 6.54 Å². The quantitative estimate of drug-likeness (QED) is 0.891. The van der Waals surface area contributed by atoms with Gasteiger partial charge in [-0.15, -0.1) is 0 Å². The Hall–Kier alpha value is -1.78. The van der Waals surface area contributed by atoms with Crippen LogP contribution in [0.4, 0.5) is 8.78 Å². The zero-order valence-corrected chi connectivity index (χ0v) is 10.3. The molecular formula is C15H15F2NO. The highest BCUT2D eigenvalue weighted by Crippen LogP contribution is 2.30. The van der Waals surface area contributed by atoms with Crippen molar-refractivity contribution < 1.29 is 13.9 Å². The molecule has 0 amide bonds. The lowest BCUT2D eigenvalue weighted by atomic mass is 9.89.